The summed E-state index contributed by atoms with van der Waals surface area (Å²) in [5, 5.41) is 4.06. The Bertz CT molecular complexity index is 594. The highest BCUT2D eigenvalue weighted by atomic mass is 32.2. The molecule has 1 unspecified atom stereocenters. The van der Waals surface area contributed by atoms with Crippen molar-refractivity contribution in [2.24, 2.45) is 5.92 Å². The van der Waals surface area contributed by atoms with Crippen LogP contribution in [0.4, 0.5) is 5.82 Å². The van der Waals surface area contributed by atoms with Crippen LogP contribution < -0.4 is 4.90 Å². The minimum Gasteiger partial charge on any atom is -0.354 e. The van der Waals surface area contributed by atoms with E-state index in [1.807, 2.05) is 0 Å². The van der Waals surface area contributed by atoms with Crippen molar-refractivity contribution in [3.63, 3.8) is 0 Å². The van der Waals surface area contributed by atoms with Crippen LogP contribution in [-0.4, -0.2) is 34.1 Å². The van der Waals surface area contributed by atoms with Crippen LogP contribution in [0.1, 0.15) is 26.6 Å². The molecule has 0 N–H and O–H groups in total. The fraction of sp³-hybridized carbons (Fsp3) is 0.600. The lowest BCUT2D eigenvalue weighted by molar-refractivity contribution is 0.580. The molecule has 3 nitrogen and oxygen atoms in total. The van der Waals surface area contributed by atoms with Gasteiger partial charge in [-0.25, -0.2) is 9.97 Å². The number of hydrogen-bond donors (Lipinski definition) is 0. The second-order valence-corrected chi connectivity index (χ2v) is 7.80. The predicted molar refractivity (Wildman–Crippen MR) is 90.1 cm³/mol. The quantitative estimate of drug-likeness (QED) is 0.862. The summed E-state index contributed by atoms with van der Waals surface area (Å²) in [7, 11) is 0. The van der Waals surface area contributed by atoms with Gasteiger partial charge in [-0.15, -0.1) is 11.3 Å². The van der Waals surface area contributed by atoms with Gasteiger partial charge in [0.15, 0.2) is 0 Å². The van der Waals surface area contributed by atoms with Gasteiger partial charge in [0.25, 0.3) is 0 Å². The smallest absolute Gasteiger partial charge is 0.141 e. The molecular weight excluding hydrogens is 286 g/mol. The van der Waals surface area contributed by atoms with E-state index in [9.17, 15) is 0 Å². The molecule has 0 aromatic carbocycles. The first-order valence-electron chi connectivity index (χ1n) is 7.29. The number of rotatable bonds is 3. The van der Waals surface area contributed by atoms with E-state index in [-0.39, 0.29) is 0 Å². The molecule has 108 valence electrons. The van der Waals surface area contributed by atoms with Crippen LogP contribution in [0.3, 0.4) is 0 Å². The molecule has 3 heterocycles. The zero-order valence-electron chi connectivity index (χ0n) is 12.3. The van der Waals surface area contributed by atoms with Gasteiger partial charge in [-0.3, -0.25) is 0 Å². The lowest BCUT2D eigenvalue weighted by Crippen LogP contribution is -2.40. The van der Waals surface area contributed by atoms with Crippen LogP contribution in [0.5, 0.6) is 0 Å². The minimum absolute atomic E-state index is 0.706. The van der Waals surface area contributed by atoms with Crippen molar-refractivity contribution in [3.8, 4) is 0 Å². The van der Waals surface area contributed by atoms with E-state index in [0.29, 0.717) is 11.2 Å². The number of aromatic nitrogens is 2. The summed E-state index contributed by atoms with van der Waals surface area (Å²) >= 11 is 3.82. The largest absolute Gasteiger partial charge is 0.354 e. The number of thioether (sulfide) groups is 1. The number of hydrogen-bond acceptors (Lipinski definition) is 5. The molecule has 2 aromatic heterocycles. The van der Waals surface area contributed by atoms with E-state index in [4.69, 9.17) is 4.98 Å². The number of thiophene rings is 1. The van der Waals surface area contributed by atoms with Crippen molar-refractivity contribution in [1.29, 1.82) is 0 Å². The van der Waals surface area contributed by atoms with Crippen LogP contribution in [0.15, 0.2) is 11.4 Å². The van der Waals surface area contributed by atoms with Gasteiger partial charge in [0.2, 0.25) is 0 Å². The monoisotopic (exact) mass is 307 g/mol. The highest BCUT2D eigenvalue weighted by Gasteiger charge is 2.25. The Balaban J connectivity index is 1.98. The minimum atomic E-state index is 0.706. The molecule has 5 heteroatoms. The molecule has 0 amide bonds. The Morgan fingerprint density at radius 2 is 2.25 bits per heavy atom. The van der Waals surface area contributed by atoms with Gasteiger partial charge >= 0.3 is 0 Å². The van der Waals surface area contributed by atoms with E-state index in [1.165, 1.54) is 11.1 Å². The third-order valence-electron chi connectivity index (χ3n) is 3.80. The predicted octanol–water partition coefficient (Wildman–Crippen LogP) is 3.83. The Hall–Kier alpha value is -0.810. The van der Waals surface area contributed by atoms with E-state index < -0.39 is 0 Å². The van der Waals surface area contributed by atoms with Crippen LogP contribution in [-0.2, 0) is 6.42 Å². The third-order valence-corrected chi connectivity index (χ3v) is 6.15. The van der Waals surface area contributed by atoms with Crippen molar-refractivity contribution in [3.05, 3.63) is 17.3 Å². The van der Waals surface area contributed by atoms with Crippen LogP contribution in [0.25, 0.3) is 10.2 Å². The molecule has 0 radical (unpaired) electrons. The first kappa shape index (κ1) is 14.1. The molecule has 1 saturated heterocycles. The molecule has 1 atom stereocenters. The molecule has 0 saturated carbocycles. The molecule has 2 aromatic rings. The number of fused-ring (bicyclic) bond motifs is 1. The van der Waals surface area contributed by atoms with Crippen LogP contribution >= 0.6 is 23.1 Å². The van der Waals surface area contributed by atoms with Crippen LogP contribution in [0.2, 0.25) is 0 Å². The number of anilines is 1. The molecule has 1 aliphatic heterocycles. The lowest BCUT2D eigenvalue weighted by atomic mass is 10.1. The topological polar surface area (TPSA) is 29.0 Å². The Morgan fingerprint density at radius 1 is 1.40 bits per heavy atom. The van der Waals surface area contributed by atoms with E-state index >= 15 is 0 Å². The fourth-order valence-corrected chi connectivity index (χ4v) is 4.63. The van der Waals surface area contributed by atoms with Gasteiger partial charge < -0.3 is 4.90 Å². The van der Waals surface area contributed by atoms with Gasteiger partial charge in [-0.2, -0.15) is 11.8 Å². The zero-order valence-corrected chi connectivity index (χ0v) is 13.9. The summed E-state index contributed by atoms with van der Waals surface area (Å²) < 4.78 is 0. The van der Waals surface area contributed by atoms with Crippen molar-refractivity contribution < 1.29 is 0 Å². The maximum absolute atomic E-state index is 4.82. The Morgan fingerprint density at radius 3 is 3.00 bits per heavy atom. The Kier molecular flexibility index (Phi) is 4.17. The maximum Gasteiger partial charge on any atom is 0.141 e. The third kappa shape index (κ3) is 2.66. The van der Waals surface area contributed by atoms with Gasteiger partial charge in [-0.1, -0.05) is 20.8 Å². The molecular formula is C15H21N3S2. The fourth-order valence-electron chi connectivity index (χ4n) is 2.55. The average Bonchev–Trinajstić information content (AvgIpc) is 2.94. The van der Waals surface area contributed by atoms with Gasteiger partial charge in [0, 0.05) is 30.5 Å². The molecule has 0 spiro atoms. The normalized spacial score (nSPS) is 20.0. The number of nitrogens with zero attached hydrogens (tertiary/aromatic N) is 3. The lowest BCUT2D eigenvalue weighted by Gasteiger charge is -2.35. The van der Waals surface area contributed by atoms with E-state index in [1.54, 1.807) is 11.3 Å². The summed E-state index contributed by atoms with van der Waals surface area (Å²) in [6, 6.07) is 2.17. The highest BCUT2D eigenvalue weighted by Crippen LogP contribution is 2.32. The second kappa shape index (κ2) is 5.90. The van der Waals surface area contributed by atoms with E-state index in [2.05, 4.69) is 53.9 Å². The second-order valence-electron chi connectivity index (χ2n) is 5.56. The SMILES string of the molecule is CCc1nc(N2CCSC(C(C)C)C2)c2ccsc2n1. The molecule has 1 fully saturated rings. The van der Waals surface area contributed by atoms with Gasteiger partial charge in [0.05, 0.1) is 5.39 Å². The van der Waals surface area contributed by atoms with Gasteiger partial charge in [0.1, 0.15) is 16.5 Å². The Labute approximate surface area is 128 Å². The summed E-state index contributed by atoms with van der Waals surface area (Å²) in [4.78, 5) is 13.1. The molecule has 0 aliphatic carbocycles. The van der Waals surface area contributed by atoms with Crippen molar-refractivity contribution in [1.82, 2.24) is 9.97 Å². The molecule has 0 bridgehead atoms. The number of aryl methyl sites for hydroxylation is 1. The first-order valence-corrected chi connectivity index (χ1v) is 9.22. The van der Waals surface area contributed by atoms with Crippen molar-refractivity contribution in [2.75, 3.05) is 23.7 Å². The highest BCUT2D eigenvalue weighted by molar-refractivity contribution is 8.00. The summed E-state index contributed by atoms with van der Waals surface area (Å²) in [6.07, 6.45) is 0.900. The summed E-state index contributed by atoms with van der Waals surface area (Å²) in [6.45, 7) is 8.96. The molecule has 3 rings (SSSR count). The standard InChI is InChI=1S/C15H21N3S2/c1-4-13-16-14(11-5-7-20-15(11)17-13)18-6-8-19-12(9-18)10(2)3/h5,7,10,12H,4,6,8-9H2,1-3H3. The molecule has 1 aliphatic rings. The van der Waals surface area contributed by atoms with Crippen molar-refractivity contribution >= 4 is 39.1 Å². The van der Waals surface area contributed by atoms with E-state index in [0.717, 1.165) is 36.0 Å². The maximum atomic E-state index is 4.82. The summed E-state index contributed by atoms with van der Waals surface area (Å²) in [5.41, 5.74) is 0. The van der Waals surface area contributed by atoms with Crippen molar-refractivity contribution in [2.45, 2.75) is 32.4 Å². The average molecular weight is 307 g/mol. The first-order chi connectivity index (χ1) is 9.69. The van der Waals surface area contributed by atoms with Gasteiger partial charge in [-0.05, 0) is 17.4 Å². The zero-order chi connectivity index (χ0) is 14.1. The molecule has 20 heavy (non-hydrogen) atoms. The summed E-state index contributed by atoms with van der Waals surface area (Å²) in [5.74, 6) is 4.03. The van der Waals surface area contributed by atoms with Crippen LogP contribution in [0, 0.1) is 5.92 Å².